The number of rotatable bonds is 8. The van der Waals surface area contributed by atoms with Crippen LogP contribution in [0.25, 0.3) is 0 Å². The molecule has 0 radical (unpaired) electrons. The number of ether oxygens (including phenoxy) is 2. The lowest BCUT2D eigenvalue weighted by atomic mass is 10.2. The van der Waals surface area contributed by atoms with E-state index in [1.165, 1.54) is 0 Å². The number of hydrogen-bond donors (Lipinski definition) is 1. The molecule has 0 unspecified atom stereocenters. The minimum atomic E-state index is 0.746. The fraction of sp³-hybridized carbons (Fsp3) is 0.571. The van der Waals surface area contributed by atoms with E-state index in [4.69, 9.17) is 9.47 Å². The van der Waals surface area contributed by atoms with Crippen molar-refractivity contribution < 1.29 is 9.47 Å². The van der Waals surface area contributed by atoms with Gasteiger partial charge in [-0.1, -0.05) is 32.4 Å². The molecule has 0 bridgehead atoms. The Bertz CT molecular complexity index is 326. The molecule has 0 saturated heterocycles. The molecule has 1 N–H and O–H groups in total. The summed E-state index contributed by atoms with van der Waals surface area (Å²) in [5.74, 6) is 1.70. The zero-order valence-corrected chi connectivity index (χ0v) is 11.1. The van der Waals surface area contributed by atoms with E-state index in [1.807, 2.05) is 12.1 Å². The molecular formula is C14H23NO2. The number of hydrogen-bond acceptors (Lipinski definition) is 3. The summed E-state index contributed by atoms with van der Waals surface area (Å²) in [5, 5.41) is 3.31. The summed E-state index contributed by atoms with van der Waals surface area (Å²) in [6.45, 7) is 6.76. The van der Waals surface area contributed by atoms with Gasteiger partial charge in [0.1, 0.15) is 0 Å². The highest BCUT2D eigenvalue weighted by molar-refractivity contribution is 5.46. The van der Waals surface area contributed by atoms with E-state index in [0.29, 0.717) is 0 Å². The van der Waals surface area contributed by atoms with Crippen molar-refractivity contribution in [3.05, 3.63) is 23.8 Å². The molecule has 1 aromatic rings. The van der Waals surface area contributed by atoms with E-state index < -0.39 is 0 Å². The lowest BCUT2D eigenvalue weighted by Gasteiger charge is -2.15. The largest absolute Gasteiger partial charge is 0.493 e. The van der Waals surface area contributed by atoms with Gasteiger partial charge >= 0.3 is 0 Å². The fourth-order valence-corrected chi connectivity index (χ4v) is 1.60. The summed E-state index contributed by atoms with van der Waals surface area (Å²) >= 11 is 0. The van der Waals surface area contributed by atoms with Crippen LogP contribution in [0.2, 0.25) is 0 Å². The third-order valence-electron chi connectivity index (χ3n) is 2.59. The van der Waals surface area contributed by atoms with Crippen LogP contribution in [0.5, 0.6) is 11.5 Å². The first-order valence-corrected chi connectivity index (χ1v) is 6.32. The zero-order chi connectivity index (χ0) is 12.5. The minimum absolute atomic E-state index is 0.746. The summed E-state index contributed by atoms with van der Waals surface area (Å²) in [5.41, 5.74) is 1.15. The molecule has 0 spiro atoms. The third kappa shape index (κ3) is 4.27. The Hall–Kier alpha value is -1.22. The summed E-state index contributed by atoms with van der Waals surface area (Å²) in [7, 11) is 1.68. The molecule has 96 valence electrons. The van der Waals surface area contributed by atoms with Crippen LogP contribution in [-0.2, 0) is 6.54 Å². The lowest BCUT2D eigenvalue weighted by molar-refractivity contribution is 0.284. The molecule has 0 amide bonds. The average molecular weight is 237 g/mol. The molecule has 1 rings (SSSR count). The second-order valence-electron chi connectivity index (χ2n) is 3.93. The molecule has 0 heterocycles. The molecule has 3 nitrogen and oxygen atoms in total. The molecular weight excluding hydrogens is 214 g/mol. The second kappa shape index (κ2) is 7.96. The highest BCUT2D eigenvalue weighted by atomic mass is 16.5. The van der Waals surface area contributed by atoms with E-state index in [2.05, 4.69) is 25.2 Å². The van der Waals surface area contributed by atoms with Crippen molar-refractivity contribution in [2.24, 2.45) is 0 Å². The van der Waals surface area contributed by atoms with Crippen LogP contribution in [0.3, 0.4) is 0 Å². The monoisotopic (exact) mass is 237 g/mol. The molecule has 0 aliphatic carbocycles. The van der Waals surface area contributed by atoms with E-state index in [-0.39, 0.29) is 0 Å². The molecule has 0 atom stereocenters. The predicted octanol–water partition coefficient (Wildman–Crippen LogP) is 2.98. The SMILES string of the molecule is CCCCOc1c(CNCC)cccc1OC. The first-order valence-electron chi connectivity index (χ1n) is 6.32. The van der Waals surface area contributed by atoms with E-state index in [0.717, 1.165) is 49.6 Å². The quantitative estimate of drug-likeness (QED) is 0.705. The minimum Gasteiger partial charge on any atom is -0.493 e. The Kier molecular flexibility index (Phi) is 6.48. The van der Waals surface area contributed by atoms with Crippen molar-refractivity contribution in [3.8, 4) is 11.5 Å². The van der Waals surface area contributed by atoms with Crippen LogP contribution >= 0.6 is 0 Å². The van der Waals surface area contributed by atoms with Crippen molar-refractivity contribution in [1.29, 1.82) is 0 Å². The number of para-hydroxylation sites is 1. The standard InChI is InChI=1S/C14H23NO2/c1-4-6-10-17-14-12(11-15-5-2)8-7-9-13(14)16-3/h7-9,15H,4-6,10-11H2,1-3H3. The summed E-state index contributed by atoms with van der Waals surface area (Å²) in [4.78, 5) is 0. The summed E-state index contributed by atoms with van der Waals surface area (Å²) in [6, 6.07) is 6.02. The van der Waals surface area contributed by atoms with Gasteiger partial charge in [0, 0.05) is 12.1 Å². The van der Waals surface area contributed by atoms with Crippen LogP contribution in [0.15, 0.2) is 18.2 Å². The molecule has 3 heteroatoms. The molecule has 17 heavy (non-hydrogen) atoms. The van der Waals surface area contributed by atoms with Gasteiger partial charge in [-0.3, -0.25) is 0 Å². The van der Waals surface area contributed by atoms with Crippen molar-refractivity contribution in [2.75, 3.05) is 20.3 Å². The summed E-state index contributed by atoms with van der Waals surface area (Å²) in [6.07, 6.45) is 2.20. The van der Waals surface area contributed by atoms with Crippen LogP contribution in [-0.4, -0.2) is 20.3 Å². The Labute approximate surface area is 104 Å². The van der Waals surface area contributed by atoms with Gasteiger partial charge < -0.3 is 14.8 Å². The number of benzene rings is 1. The maximum Gasteiger partial charge on any atom is 0.165 e. The van der Waals surface area contributed by atoms with Crippen molar-refractivity contribution >= 4 is 0 Å². The van der Waals surface area contributed by atoms with Crippen molar-refractivity contribution in [2.45, 2.75) is 33.2 Å². The van der Waals surface area contributed by atoms with Crippen LogP contribution in [0.1, 0.15) is 32.3 Å². The van der Waals surface area contributed by atoms with Gasteiger partial charge in [0.25, 0.3) is 0 Å². The van der Waals surface area contributed by atoms with Crippen LogP contribution in [0, 0.1) is 0 Å². The Morgan fingerprint density at radius 1 is 1.24 bits per heavy atom. The number of nitrogens with one attached hydrogen (secondary N) is 1. The smallest absolute Gasteiger partial charge is 0.165 e. The maximum atomic E-state index is 5.83. The van der Waals surface area contributed by atoms with Crippen LogP contribution in [0.4, 0.5) is 0 Å². The van der Waals surface area contributed by atoms with Gasteiger partial charge in [0.05, 0.1) is 13.7 Å². The number of methoxy groups -OCH3 is 1. The highest BCUT2D eigenvalue weighted by Crippen LogP contribution is 2.31. The molecule has 1 aromatic carbocycles. The maximum absolute atomic E-state index is 5.83. The highest BCUT2D eigenvalue weighted by Gasteiger charge is 2.09. The first kappa shape index (κ1) is 13.8. The van der Waals surface area contributed by atoms with Crippen molar-refractivity contribution in [3.63, 3.8) is 0 Å². The Morgan fingerprint density at radius 2 is 2.06 bits per heavy atom. The van der Waals surface area contributed by atoms with Gasteiger partial charge in [-0.2, -0.15) is 0 Å². The van der Waals surface area contributed by atoms with E-state index in [9.17, 15) is 0 Å². The third-order valence-corrected chi connectivity index (χ3v) is 2.59. The second-order valence-corrected chi connectivity index (χ2v) is 3.93. The fourth-order valence-electron chi connectivity index (χ4n) is 1.60. The molecule has 0 aromatic heterocycles. The van der Waals surface area contributed by atoms with E-state index >= 15 is 0 Å². The van der Waals surface area contributed by atoms with Crippen molar-refractivity contribution in [1.82, 2.24) is 5.32 Å². The Balaban J connectivity index is 2.78. The molecule has 0 fully saturated rings. The molecule has 0 aliphatic heterocycles. The first-order chi connectivity index (χ1) is 8.33. The average Bonchev–Trinajstić information content (AvgIpc) is 2.37. The van der Waals surface area contributed by atoms with Gasteiger partial charge in [0.15, 0.2) is 11.5 Å². The lowest BCUT2D eigenvalue weighted by Crippen LogP contribution is -2.13. The van der Waals surface area contributed by atoms with Gasteiger partial charge in [-0.05, 0) is 19.0 Å². The van der Waals surface area contributed by atoms with Crippen LogP contribution < -0.4 is 14.8 Å². The zero-order valence-electron chi connectivity index (χ0n) is 11.1. The number of unbranched alkanes of at least 4 members (excludes halogenated alkanes) is 1. The molecule has 0 aliphatic rings. The topological polar surface area (TPSA) is 30.5 Å². The Morgan fingerprint density at radius 3 is 2.71 bits per heavy atom. The molecule has 0 saturated carbocycles. The van der Waals surface area contributed by atoms with Gasteiger partial charge in [0.2, 0.25) is 0 Å². The predicted molar refractivity (Wildman–Crippen MR) is 70.8 cm³/mol. The van der Waals surface area contributed by atoms with E-state index in [1.54, 1.807) is 7.11 Å². The summed E-state index contributed by atoms with van der Waals surface area (Å²) < 4.78 is 11.2. The van der Waals surface area contributed by atoms with Gasteiger partial charge in [-0.15, -0.1) is 0 Å². The normalized spacial score (nSPS) is 10.3. The van der Waals surface area contributed by atoms with Gasteiger partial charge in [-0.25, -0.2) is 0 Å².